The van der Waals surface area contributed by atoms with Crippen molar-refractivity contribution in [3.05, 3.63) is 0 Å². The summed E-state index contributed by atoms with van der Waals surface area (Å²) in [6.07, 6.45) is 5.45. The van der Waals surface area contributed by atoms with Gasteiger partial charge in [-0.3, -0.25) is 0 Å². The fourth-order valence-corrected chi connectivity index (χ4v) is 2.72. The van der Waals surface area contributed by atoms with Crippen molar-refractivity contribution in [1.82, 2.24) is 10.2 Å². The largest absolute Gasteiger partial charge is 0.396 e. The average Bonchev–Trinajstić information content (AvgIpc) is 2.82. The SMILES string of the molecule is CCCC(CCO)CNCC(O)CN1CCCC1. The summed E-state index contributed by atoms with van der Waals surface area (Å²) in [6.45, 7) is 7.09. The van der Waals surface area contributed by atoms with E-state index in [0.29, 0.717) is 12.5 Å². The van der Waals surface area contributed by atoms with Gasteiger partial charge in [0, 0.05) is 19.7 Å². The maximum atomic E-state index is 9.93. The van der Waals surface area contributed by atoms with E-state index in [1.165, 1.54) is 12.8 Å². The molecule has 0 radical (unpaired) electrons. The standard InChI is InChI=1S/C14H30N2O2/c1-2-5-13(6-9-17)10-15-11-14(18)12-16-7-3-4-8-16/h13-15,17-18H,2-12H2,1H3. The molecular formula is C14H30N2O2. The number of likely N-dealkylation sites (tertiary alicyclic amines) is 1. The maximum absolute atomic E-state index is 9.93. The molecule has 0 aliphatic carbocycles. The molecule has 108 valence electrons. The molecule has 1 fully saturated rings. The Bertz CT molecular complexity index is 190. The molecular weight excluding hydrogens is 228 g/mol. The van der Waals surface area contributed by atoms with Crippen LogP contribution in [0.2, 0.25) is 0 Å². The molecule has 1 saturated heterocycles. The summed E-state index contributed by atoms with van der Waals surface area (Å²) in [6, 6.07) is 0. The van der Waals surface area contributed by atoms with Crippen LogP contribution < -0.4 is 5.32 Å². The number of aliphatic hydroxyl groups excluding tert-OH is 2. The van der Waals surface area contributed by atoms with Crippen LogP contribution in [0.15, 0.2) is 0 Å². The van der Waals surface area contributed by atoms with Gasteiger partial charge in [-0.25, -0.2) is 0 Å². The molecule has 0 aromatic heterocycles. The molecule has 1 rings (SSSR count). The third-order valence-electron chi connectivity index (χ3n) is 3.71. The average molecular weight is 258 g/mol. The highest BCUT2D eigenvalue weighted by Crippen LogP contribution is 2.10. The number of nitrogens with one attached hydrogen (secondary N) is 1. The third-order valence-corrected chi connectivity index (χ3v) is 3.71. The van der Waals surface area contributed by atoms with Crippen molar-refractivity contribution < 1.29 is 10.2 Å². The molecule has 1 aliphatic rings. The van der Waals surface area contributed by atoms with E-state index < -0.39 is 0 Å². The first-order valence-corrected chi connectivity index (χ1v) is 7.48. The van der Waals surface area contributed by atoms with Crippen molar-refractivity contribution in [2.75, 3.05) is 39.3 Å². The van der Waals surface area contributed by atoms with Crippen molar-refractivity contribution in [1.29, 1.82) is 0 Å². The van der Waals surface area contributed by atoms with Gasteiger partial charge < -0.3 is 20.4 Å². The van der Waals surface area contributed by atoms with Crippen LogP contribution in [0.4, 0.5) is 0 Å². The lowest BCUT2D eigenvalue weighted by Crippen LogP contribution is -2.38. The van der Waals surface area contributed by atoms with E-state index >= 15 is 0 Å². The Hall–Kier alpha value is -0.160. The number of hydrogen-bond acceptors (Lipinski definition) is 4. The fourth-order valence-electron chi connectivity index (χ4n) is 2.72. The molecule has 0 bridgehead atoms. The summed E-state index contributed by atoms with van der Waals surface area (Å²) in [5, 5.41) is 22.2. The molecule has 0 aromatic carbocycles. The highest BCUT2D eigenvalue weighted by Gasteiger charge is 2.15. The molecule has 0 saturated carbocycles. The van der Waals surface area contributed by atoms with Gasteiger partial charge in [-0.1, -0.05) is 13.3 Å². The van der Waals surface area contributed by atoms with Gasteiger partial charge in [0.1, 0.15) is 0 Å². The first-order chi connectivity index (χ1) is 8.76. The predicted octanol–water partition coefficient (Wildman–Crippen LogP) is 0.831. The summed E-state index contributed by atoms with van der Waals surface area (Å²) >= 11 is 0. The number of rotatable bonds is 10. The second-order valence-corrected chi connectivity index (χ2v) is 5.49. The number of β-amino-alcohol motifs (C(OH)–C–C–N with tert-alkyl or cyclic N) is 1. The van der Waals surface area contributed by atoms with Gasteiger partial charge in [-0.2, -0.15) is 0 Å². The summed E-state index contributed by atoms with van der Waals surface area (Å²) in [4.78, 5) is 2.34. The molecule has 1 heterocycles. The van der Waals surface area contributed by atoms with E-state index in [-0.39, 0.29) is 12.7 Å². The van der Waals surface area contributed by atoms with Crippen LogP contribution in [0.5, 0.6) is 0 Å². The second kappa shape index (κ2) is 9.73. The van der Waals surface area contributed by atoms with Crippen molar-refractivity contribution in [3.8, 4) is 0 Å². The van der Waals surface area contributed by atoms with Crippen LogP contribution >= 0.6 is 0 Å². The molecule has 1 aliphatic heterocycles. The second-order valence-electron chi connectivity index (χ2n) is 5.49. The Labute approximate surface area is 111 Å². The molecule has 2 atom stereocenters. The Morgan fingerprint density at radius 1 is 1.17 bits per heavy atom. The molecule has 0 amide bonds. The van der Waals surface area contributed by atoms with Crippen LogP contribution in [-0.4, -0.2) is 60.5 Å². The molecule has 18 heavy (non-hydrogen) atoms. The van der Waals surface area contributed by atoms with Crippen molar-refractivity contribution in [3.63, 3.8) is 0 Å². The highest BCUT2D eigenvalue weighted by molar-refractivity contribution is 4.72. The normalized spacial score (nSPS) is 20.2. The zero-order valence-electron chi connectivity index (χ0n) is 11.8. The summed E-state index contributed by atoms with van der Waals surface area (Å²) < 4.78 is 0. The van der Waals surface area contributed by atoms with E-state index in [2.05, 4.69) is 17.1 Å². The minimum Gasteiger partial charge on any atom is -0.396 e. The predicted molar refractivity (Wildman–Crippen MR) is 74.7 cm³/mol. The molecule has 0 aromatic rings. The monoisotopic (exact) mass is 258 g/mol. The topological polar surface area (TPSA) is 55.7 Å². The summed E-state index contributed by atoms with van der Waals surface area (Å²) in [5.41, 5.74) is 0. The molecule has 4 heteroatoms. The minimum atomic E-state index is -0.264. The van der Waals surface area contributed by atoms with E-state index in [9.17, 15) is 5.11 Å². The van der Waals surface area contributed by atoms with E-state index in [4.69, 9.17) is 5.11 Å². The lowest BCUT2D eigenvalue weighted by Gasteiger charge is -2.21. The van der Waals surface area contributed by atoms with Gasteiger partial charge in [-0.05, 0) is 51.2 Å². The zero-order chi connectivity index (χ0) is 13.2. The van der Waals surface area contributed by atoms with E-state index in [0.717, 1.165) is 45.4 Å². The van der Waals surface area contributed by atoms with Gasteiger partial charge in [0.2, 0.25) is 0 Å². The van der Waals surface area contributed by atoms with Crippen molar-refractivity contribution in [2.45, 2.75) is 45.1 Å². The first kappa shape index (κ1) is 15.9. The summed E-state index contributed by atoms with van der Waals surface area (Å²) in [7, 11) is 0. The van der Waals surface area contributed by atoms with Gasteiger partial charge in [0.15, 0.2) is 0 Å². The maximum Gasteiger partial charge on any atom is 0.0791 e. The van der Waals surface area contributed by atoms with Crippen LogP contribution in [0.25, 0.3) is 0 Å². The quantitative estimate of drug-likeness (QED) is 0.543. The Morgan fingerprint density at radius 3 is 2.50 bits per heavy atom. The Morgan fingerprint density at radius 2 is 1.89 bits per heavy atom. The Kier molecular flexibility index (Phi) is 8.59. The van der Waals surface area contributed by atoms with Crippen LogP contribution in [-0.2, 0) is 0 Å². The van der Waals surface area contributed by atoms with Gasteiger partial charge >= 0.3 is 0 Å². The van der Waals surface area contributed by atoms with Crippen LogP contribution in [0.1, 0.15) is 39.0 Å². The van der Waals surface area contributed by atoms with Crippen LogP contribution in [0, 0.1) is 5.92 Å². The highest BCUT2D eigenvalue weighted by atomic mass is 16.3. The summed E-state index contributed by atoms with van der Waals surface area (Å²) in [5.74, 6) is 0.541. The van der Waals surface area contributed by atoms with Gasteiger partial charge in [0.25, 0.3) is 0 Å². The van der Waals surface area contributed by atoms with Crippen LogP contribution in [0.3, 0.4) is 0 Å². The van der Waals surface area contributed by atoms with E-state index in [1.807, 2.05) is 0 Å². The Balaban J connectivity index is 2.06. The molecule has 0 spiro atoms. The first-order valence-electron chi connectivity index (χ1n) is 7.48. The van der Waals surface area contributed by atoms with Crippen molar-refractivity contribution >= 4 is 0 Å². The minimum absolute atomic E-state index is 0.264. The number of hydrogen-bond donors (Lipinski definition) is 3. The smallest absolute Gasteiger partial charge is 0.0791 e. The lowest BCUT2D eigenvalue weighted by atomic mass is 10.0. The van der Waals surface area contributed by atoms with E-state index in [1.54, 1.807) is 0 Å². The lowest BCUT2D eigenvalue weighted by molar-refractivity contribution is 0.121. The zero-order valence-corrected chi connectivity index (χ0v) is 11.8. The van der Waals surface area contributed by atoms with Crippen molar-refractivity contribution in [2.24, 2.45) is 5.92 Å². The third kappa shape index (κ3) is 6.69. The molecule has 2 unspecified atom stereocenters. The van der Waals surface area contributed by atoms with Gasteiger partial charge in [-0.15, -0.1) is 0 Å². The molecule has 4 nitrogen and oxygen atoms in total. The molecule has 3 N–H and O–H groups in total. The fraction of sp³-hybridized carbons (Fsp3) is 1.00. The number of aliphatic hydroxyl groups is 2. The number of nitrogens with zero attached hydrogens (tertiary/aromatic N) is 1. The van der Waals surface area contributed by atoms with Gasteiger partial charge in [0.05, 0.1) is 6.10 Å².